The molecule has 6 rings (SSSR count). The molecule has 0 amide bonds. The van der Waals surface area contributed by atoms with Gasteiger partial charge in [0.05, 0.1) is 28.4 Å². The summed E-state index contributed by atoms with van der Waals surface area (Å²) in [7, 11) is 6.73. The van der Waals surface area contributed by atoms with Crippen molar-refractivity contribution in [3.8, 4) is 34.1 Å². The maximum atomic E-state index is 5.43. The summed E-state index contributed by atoms with van der Waals surface area (Å²) in [4.78, 5) is 4.49. The summed E-state index contributed by atoms with van der Waals surface area (Å²) >= 11 is 0. The van der Waals surface area contributed by atoms with Gasteiger partial charge >= 0.3 is 0 Å². The van der Waals surface area contributed by atoms with Crippen LogP contribution in [0.1, 0.15) is 11.1 Å². The monoisotopic (exact) mass is 636 g/mol. The maximum Gasteiger partial charge on any atom is 0.119 e. The third-order valence-electron chi connectivity index (χ3n) is 8.55. The Morgan fingerprint density at radius 3 is 0.750 bits per heavy atom. The number of methoxy groups -OCH3 is 4. The zero-order chi connectivity index (χ0) is 33.6. The molecule has 0 fully saturated rings. The fraction of sp³-hybridized carbons (Fsp3) is 0.143. The van der Waals surface area contributed by atoms with Gasteiger partial charge in [0.2, 0.25) is 0 Å². The molecule has 0 unspecified atom stereocenters. The molecule has 0 N–H and O–H groups in total. The number of rotatable bonds is 11. The topological polar surface area (TPSA) is 43.4 Å². The number of benzene rings is 6. The summed E-state index contributed by atoms with van der Waals surface area (Å²) in [6.07, 6.45) is 0. The summed E-state index contributed by atoms with van der Waals surface area (Å²) in [6.45, 7) is 4.35. The van der Waals surface area contributed by atoms with E-state index in [4.69, 9.17) is 18.9 Å². The van der Waals surface area contributed by atoms with E-state index in [1.807, 2.05) is 48.5 Å². The van der Waals surface area contributed by atoms with Gasteiger partial charge in [0.1, 0.15) is 23.0 Å². The predicted octanol–water partition coefficient (Wildman–Crippen LogP) is 10.9. The molecule has 0 aliphatic heterocycles. The Hall–Kier alpha value is -5.88. The summed E-state index contributed by atoms with van der Waals surface area (Å²) in [5.41, 5.74) is 11.0. The first-order valence-corrected chi connectivity index (χ1v) is 15.8. The van der Waals surface area contributed by atoms with E-state index in [-0.39, 0.29) is 0 Å². The van der Waals surface area contributed by atoms with Gasteiger partial charge in [-0.15, -0.1) is 0 Å². The summed E-state index contributed by atoms with van der Waals surface area (Å²) in [6, 6.07) is 45.8. The Morgan fingerprint density at radius 1 is 0.312 bits per heavy atom. The molecule has 0 heterocycles. The Kier molecular flexibility index (Phi) is 9.53. The summed E-state index contributed by atoms with van der Waals surface area (Å²) in [5.74, 6) is 3.26. The standard InChI is InChI=1S/C42H40N2O4/c1-29-27-35(43(31-7-17-37(45-3)18-8-31)32-9-19-38(46-4)20-10-32)15-25-41(29)42-26-16-36(28-30(42)2)44(33-11-21-39(47-5)22-12-33)34-13-23-40(48-6)24-14-34/h7-28H,1-6H3. The lowest BCUT2D eigenvalue weighted by Gasteiger charge is -2.27. The van der Waals surface area contributed by atoms with E-state index in [0.717, 1.165) is 57.1 Å². The molecule has 48 heavy (non-hydrogen) atoms. The quantitative estimate of drug-likeness (QED) is 0.141. The van der Waals surface area contributed by atoms with Crippen LogP contribution in [-0.2, 0) is 0 Å². The second kappa shape index (κ2) is 14.3. The van der Waals surface area contributed by atoms with Crippen LogP contribution in [0.25, 0.3) is 11.1 Å². The Morgan fingerprint density at radius 2 is 0.542 bits per heavy atom. The normalized spacial score (nSPS) is 10.7. The van der Waals surface area contributed by atoms with Crippen LogP contribution in [0.2, 0.25) is 0 Å². The molecule has 0 saturated carbocycles. The van der Waals surface area contributed by atoms with Crippen molar-refractivity contribution in [2.75, 3.05) is 38.2 Å². The van der Waals surface area contributed by atoms with Crippen molar-refractivity contribution < 1.29 is 18.9 Å². The zero-order valence-corrected chi connectivity index (χ0v) is 28.2. The average Bonchev–Trinajstić information content (AvgIpc) is 3.13. The Balaban J connectivity index is 1.37. The first-order chi connectivity index (χ1) is 23.4. The molecule has 6 heteroatoms. The molecule has 0 saturated heterocycles. The molecule has 0 radical (unpaired) electrons. The largest absolute Gasteiger partial charge is 0.497 e. The molecule has 242 valence electrons. The van der Waals surface area contributed by atoms with E-state index in [1.165, 1.54) is 22.3 Å². The van der Waals surface area contributed by atoms with Crippen molar-refractivity contribution in [2.24, 2.45) is 0 Å². The van der Waals surface area contributed by atoms with Crippen LogP contribution in [0.5, 0.6) is 23.0 Å². The minimum absolute atomic E-state index is 0.816. The van der Waals surface area contributed by atoms with Gasteiger partial charge in [-0.3, -0.25) is 0 Å². The molecule has 6 nitrogen and oxygen atoms in total. The molecule has 0 aliphatic carbocycles. The molecule has 0 aromatic heterocycles. The Labute approximate surface area is 283 Å². The van der Waals surface area contributed by atoms with Gasteiger partial charge in [0.15, 0.2) is 0 Å². The lowest BCUT2D eigenvalue weighted by atomic mass is 9.95. The number of hydrogen-bond donors (Lipinski definition) is 0. The molecule has 0 bridgehead atoms. The predicted molar refractivity (Wildman–Crippen MR) is 197 cm³/mol. The summed E-state index contributed by atoms with van der Waals surface area (Å²) in [5, 5.41) is 0. The molecular formula is C42H40N2O4. The van der Waals surface area contributed by atoms with Gasteiger partial charge in [-0.1, -0.05) is 12.1 Å². The first kappa shape index (κ1) is 32.1. The Bertz CT molecular complexity index is 1730. The minimum Gasteiger partial charge on any atom is -0.497 e. The lowest BCUT2D eigenvalue weighted by molar-refractivity contribution is 0.414. The van der Waals surface area contributed by atoms with Crippen LogP contribution in [0.3, 0.4) is 0 Å². The molecule has 0 aliphatic rings. The third kappa shape index (κ3) is 6.65. The first-order valence-electron chi connectivity index (χ1n) is 15.8. The van der Waals surface area contributed by atoms with Crippen LogP contribution in [0, 0.1) is 13.8 Å². The summed E-state index contributed by atoms with van der Waals surface area (Å²) < 4.78 is 21.7. The van der Waals surface area contributed by atoms with Crippen molar-refractivity contribution in [1.29, 1.82) is 0 Å². The second-order valence-electron chi connectivity index (χ2n) is 11.5. The van der Waals surface area contributed by atoms with Crippen LogP contribution < -0.4 is 28.7 Å². The van der Waals surface area contributed by atoms with Gasteiger partial charge in [0.25, 0.3) is 0 Å². The molecular weight excluding hydrogens is 596 g/mol. The second-order valence-corrected chi connectivity index (χ2v) is 11.5. The smallest absolute Gasteiger partial charge is 0.119 e. The SMILES string of the molecule is COc1ccc(N(c2ccc(OC)cc2)c2ccc(-c3ccc(N(c4ccc(OC)cc4)c4ccc(OC)cc4)cc3C)c(C)c2)cc1. The van der Waals surface area contributed by atoms with Crippen molar-refractivity contribution in [3.63, 3.8) is 0 Å². The van der Waals surface area contributed by atoms with E-state index >= 15 is 0 Å². The zero-order valence-electron chi connectivity index (χ0n) is 28.2. The van der Waals surface area contributed by atoms with E-state index in [0.29, 0.717) is 0 Å². The van der Waals surface area contributed by atoms with Crippen LogP contribution in [0.4, 0.5) is 34.1 Å². The van der Waals surface area contributed by atoms with E-state index in [9.17, 15) is 0 Å². The highest BCUT2D eigenvalue weighted by Crippen LogP contribution is 2.41. The fourth-order valence-corrected chi connectivity index (χ4v) is 6.00. The van der Waals surface area contributed by atoms with Gasteiger partial charge in [0, 0.05) is 34.1 Å². The van der Waals surface area contributed by atoms with E-state index in [1.54, 1.807) is 28.4 Å². The molecule has 6 aromatic carbocycles. The van der Waals surface area contributed by atoms with Crippen LogP contribution >= 0.6 is 0 Å². The molecule has 0 atom stereocenters. The van der Waals surface area contributed by atoms with Crippen molar-refractivity contribution >= 4 is 34.1 Å². The van der Waals surface area contributed by atoms with Gasteiger partial charge in [-0.05, 0) is 157 Å². The van der Waals surface area contributed by atoms with Gasteiger partial charge < -0.3 is 28.7 Å². The van der Waals surface area contributed by atoms with Crippen LogP contribution in [-0.4, -0.2) is 28.4 Å². The van der Waals surface area contributed by atoms with Crippen molar-refractivity contribution in [3.05, 3.63) is 145 Å². The number of hydrogen-bond acceptors (Lipinski definition) is 6. The van der Waals surface area contributed by atoms with Gasteiger partial charge in [-0.2, -0.15) is 0 Å². The number of aryl methyl sites for hydroxylation is 2. The lowest BCUT2D eigenvalue weighted by Crippen LogP contribution is -2.11. The number of nitrogens with zero attached hydrogens (tertiary/aromatic N) is 2. The molecule has 0 spiro atoms. The van der Waals surface area contributed by atoms with Crippen molar-refractivity contribution in [1.82, 2.24) is 0 Å². The minimum atomic E-state index is 0.816. The maximum absolute atomic E-state index is 5.43. The van der Waals surface area contributed by atoms with E-state index in [2.05, 4.69) is 109 Å². The highest BCUT2D eigenvalue weighted by Gasteiger charge is 2.18. The number of ether oxygens (including phenoxy) is 4. The highest BCUT2D eigenvalue weighted by molar-refractivity contribution is 5.83. The van der Waals surface area contributed by atoms with E-state index < -0.39 is 0 Å². The fourth-order valence-electron chi connectivity index (χ4n) is 6.00. The molecule has 6 aromatic rings. The van der Waals surface area contributed by atoms with Crippen LogP contribution in [0.15, 0.2) is 133 Å². The van der Waals surface area contributed by atoms with Gasteiger partial charge in [-0.25, -0.2) is 0 Å². The third-order valence-corrected chi connectivity index (χ3v) is 8.55. The number of anilines is 6. The van der Waals surface area contributed by atoms with Crippen molar-refractivity contribution in [2.45, 2.75) is 13.8 Å². The highest BCUT2D eigenvalue weighted by atomic mass is 16.5. The average molecular weight is 637 g/mol.